The first-order valence-electron chi connectivity index (χ1n) is 10.6. The van der Waals surface area contributed by atoms with E-state index in [9.17, 15) is 4.79 Å². The Bertz CT molecular complexity index is 618. The number of carbonyl (C=O) groups is 1. The number of benzene rings is 1. The summed E-state index contributed by atoms with van der Waals surface area (Å²) in [7, 11) is 2.03. The smallest absolute Gasteiger partial charge is 0.251 e. The number of rotatable bonds is 12. The molecule has 0 radical (unpaired) electrons. The van der Waals surface area contributed by atoms with Crippen LogP contribution in [-0.2, 0) is 11.3 Å². The molecule has 1 aromatic rings. The molecule has 0 saturated heterocycles. The van der Waals surface area contributed by atoms with Gasteiger partial charge in [-0.25, -0.2) is 4.99 Å². The SMILES string of the molecule is CCCCNC(=O)c1ccc(CN=C(NCC)N(C)CCOCC2CC2)cc1.I. The van der Waals surface area contributed by atoms with Gasteiger partial charge >= 0.3 is 0 Å². The monoisotopic (exact) mass is 516 g/mol. The summed E-state index contributed by atoms with van der Waals surface area (Å²) in [6.45, 7) is 8.73. The Morgan fingerprint density at radius 3 is 2.55 bits per heavy atom. The number of hydrogen-bond donors (Lipinski definition) is 2. The molecule has 0 heterocycles. The minimum absolute atomic E-state index is 0. The first kappa shape index (κ1) is 25.7. The van der Waals surface area contributed by atoms with Crippen LogP contribution >= 0.6 is 24.0 Å². The number of nitrogens with zero attached hydrogens (tertiary/aromatic N) is 2. The maximum atomic E-state index is 12.1. The minimum atomic E-state index is -0.0113. The lowest BCUT2D eigenvalue weighted by atomic mass is 10.1. The van der Waals surface area contributed by atoms with Crippen LogP contribution < -0.4 is 10.6 Å². The predicted molar refractivity (Wildman–Crippen MR) is 130 cm³/mol. The van der Waals surface area contributed by atoms with Gasteiger partial charge in [0.05, 0.1) is 13.2 Å². The Morgan fingerprint density at radius 1 is 1.21 bits per heavy atom. The van der Waals surface area contributed by atoms with Crippen LogP contribution in [0, 0.1) is 5.92 Å². The molecule has 7 heteroatoms. The summed E-state index contributed by atoms with van der Waals surface area (Å²) < 4.78 is 5.73. The van der Waals surface area contributed by atoms with Gasteiger partial charge in [-0.15, -0.1) is 24.0 Å². The van der Waals surface area contributed by atoms with Gasteiger partial charge in [-0.3, -0.25) is 4.79 Å². The number of amides is 1. The van der Waals surface area contributed by atoms with Gasteiger partial charge in [0.15, 0.2) is 5.96 Å². The molecule has 2 N–H and O–H groups in total. The molecule has 1 aliphatic carbocycles. The van der Waals surface area contributed by atoms with Crippen molar-refractivity contribution in [3.05, 3.63) is 35.4 Å². The number of hydrogen-bond acceptors (Lipinski definition) is 3. The second kappa shape index (κ2) is 14.6. The lowest BCUT2D eigenvalue weighted by molar-refractivity contribution is 0.0953. The minimum Gasteiger partial charge on any atom is -0.379 e. The summed E-state index contributed by atoms with van der Waals surface area (Å²) in [5, 5.41) is 6.27. The van der Waals surface area contributed by atoms with Crippen molar-refractivity contribution >= 4 is 35.8 Å². The molecule has 2 rings (SSSR count). The van der Waals surface area contributed by atoms with Crippen molar-refractivity contribution in [1.29, 1.82) is 0 Å². The van der Waals surface area contributed by atoms with E-state index in [2.05, 4.69) is 29.4 Å². The maximum Gasteiger partial charge on any atom is 0.251 e. The molecule has 1 saturated carbocycles. The zero-order chi connectivity index (χ0) is 20.2. The number of likely N-dealkylation sites (N-methyl/N-ethyl adjacent to an activating group) is 1. The molecule has 1 amide bonds. The third-order valence-corrected chi connectivity index (χ3v) is 4.76. The average molecular weight is 516 g/mol. The standard InChI is InChI=1S/C22H36N4O2.HI/c1-4-6-13-24-21(27)20-11-9-18(10-12-20)16-25-22(23-5-2)26(3)14-15-28-17-19-7-8-19;/h9-12,19H,4-8,13-17H2,1-3H3,(H,23,25)(H,24,27);1H. The first-order chi connectivity index (χ1) is 13.6. The van der Waals surface area contributed by atoms with Gasteiger partial charge in [-0.1, -0.05) is 25.5 Å². The second-order valence-electron chi connectivity index (χ2n) is 7.42. The summed E-state index contributed by atoms with van der Waals surface area (Å²) in [4.78, 5) is 18.9. The van der Waals surface area contributed by atoms with Crippen LogP contribution in [-0.4, -0.2) is 56.7 Å². The highest BCUT2D eigenvalue weighted by Crippen LogP contribution is 2.28. The molecule has 0 bridgehead atoms. The molecule has 29 heavy (non-hydrogen) atoms. The zero-order valence-electron chi connectivity index (χ0n) is 18.1. The number of ether oxygens (including phenoxy) is 1. The number of nitrogens with one attached hydrogen (secondary N) is 2. The number of halogens is 1. The van der Waals surface area contributed by atoms with Crippen molar-refractivity contribution in [2.24, 2.45) is 10.9 Å². The molecule has 1 fully saturated rings. The predicted octanol–water partition coefficient (Wildman–Crippen LogP) is 3.66. The summed E-state index contributed by atoms with van der Waals surface area (Å²) in [5.74, 6) is 1.66. The molecule has 0 aromatic heterocycles. The average Bonchev–Trinajstić information content (AvgIpc) is 3.53. The number of unbranched alkanes of at least 4 members (excludes halogenated alkanes) is 1. The van der Waals surface area contributed by atoms with Gasteiger partial charge in [0.1, 0.15) is 0 Å². The Labute approximate surface area is 192 Å². The van der Waals surface area contributed by atoms with Crippen molar-refractivity contribution in [3.8, 4) is 0 Å². The van der Waals surface area contributed by atoms with Gasteiger partial charge < -0.3 is 20.3 Å². The van der Waals surface area contributed by atoms with Crippen molar-refractivity contribution in [1.82, 2.24) is 15.5 Å². The van der Waals surface area contributed by atoms with E-state index < -0.39 is 0 Å². The number of guanidine groups is 1. The molecule has 0 spiro atoms. The molecule has 1 aliphatic rings. The van der Waals surface area contributed by atoms with E-state index in [1.165, 1.54) is 12.8 Å². The molecule has 0 aliphatic heterocycles. The molecule has 164 valence electrons. The first-order valence-corrected chi connectivity index (χ1v) is 10.6. The van der Waals surface area contributed by atoms with Crippen molar-refractivity contribution < 1.29 is 9.53 Å². The highest BCUT2D eigenvalue weighted by molar-refractivity contribution is 14.0. The van der Waals surface area contributed by atoms with Gasteiger partial charge in [-0.05, 0) is 49.8 Å². The fraction of sp³-hybridized carbons (Fsp3) is 0.636. The zero-order valence-corrected chi connectivity index (χ0v) is 20.4. The Balaban J connectivity index is 0.00000420. The molecule has 0 unspecified atom stereocenters. The van der Waals surface area contributed by atoms with E-state index in [1.54, 1.807) is 0 Å². The lowest BCUT2D eigenvalue weighted by Gasteiger charge is -2.22. The topological polar surface area (TPSA) is 66.0 Å². The largest absolute Gasteiger partial charge is 0.379 e. The van der Waals surface area contributed by atoms with Crippen LogP contribution in [0.1, 0.15) is 55.5 Å². The number of carbonyl (C=O) groups excluding carboxylic acids is 1. The van der Waals surface area contributed by atoms with Crippen molar-refractivity contribution in [3.63, 3.8) is 0 Å². The van der Waals surface area contributed by atoms with Crippen molar-refractivity contribution in [2.75, 3.05) is 39.9 Å². The normalized spacial score (nSPS) is 13.6. The number of aliphatic imine (C=N–C) groups is 1. The van der Waals surface area contributed by atoms with Gasteiger partial charge in [0.25, 0.3) is 5.91 Å². The van der Waals surface area contributed by atoms with E-state index in [1.807, 2.05) is 31.3 Å². The van der Waals surface area contributed by atoms with E-state index in [0.29, 0.717) is 12.1 Å². The van der Waals surface area contributed by atoms with E-state index >= 15 is 0 Å². The van der Waals surface area contributed by atoms with Crippen molar-refractivity contribution in [2.45, 2.75) is 46.1 Å². The highest BCUT2D eigenvalue weighted by Gasteiger charge is 2.21. The van der Waals surface area contributed by atoms with E-state index in [4.69, 9.17) is 9.73 Å². The second-order valence-corrected chi connectivity index (χ2v) is 7.42. The van der Waals surface area contributed by atoms with E-state index in [-0.39, 0.29) is 29.9 Å². The van der Waals surface area contributed by atoms with Crippen LogP contribution in [0.15, 0.2) is 29.3 Å². The van der Waals surface area contributed by atoms with Crippen LogP contribution in [0.2, 0.25) is 0 Å². The molecule has 1 aromatic carbocycles. The Morgan fingerprint density at radius 2 is 1.93 bits per heavy atom. The van der Waals surface area contributed by atoms with Gasteiger partial charge in [-0.2, -0.15) is 0 Å². The van der Waals surface area contributed by atoms with Gasteiger partial charge in [0.2, 0.25) is 0 Å². The van der Waals surface area contributed by atoms with Crippen LogP contribution in [0.4, 0.5) is 0 Å². The molecular formula is C22H37IN4O2. The van der Waals surface area contributed by atoms with Crippen LogP contribution in [0.5, 0.6) is 0 Å². The summed E-state index contributed by atoms with van der Waals surface area (Å²) >= 11 is 0. The fourth-order valence-corrected chi connectivity index (χ4v) is 2.72. The quantitative estimate of drug-likeness (QED) is 0.193. The highest BCUT2D eigenvalue weighted by atomic mass is 127. The summed E-state index contributed by atoms with van der Waals surface area (Å²) in [5.41, 5.74) is 1.78. The Kier molecular flexibility index (Phi) is 12.9. The summed E-state index contributed by atoms with van der Waals surface area (Å²) in [6, 6.07) is 7.68. The summed E-state index contributed by atoms with van der Waals surface area (Å²) in [6.07, 6.45) is 4.72. The van der Waals surface area contributed by atoms with E-state index in [0.717, 1.165) is 63.1 Å². The molecule has 6 nitrogen and oxygen atoms in total. The Hall–Kier alpha value is -1.35. The maximum absolute atomic E-state index is 12.1. The molecular weight excluding hydrogens is 479 g/mol. The van der Waals surface area contributed by atoms with Crippen LogP contribution in [0.25, 0.3) is 0 Å². The van der Waals surface area contributed by atoms with Crippen LogP contribution in [0.3, 0.4) is 0 Å². The lowest BCUT2D eigenvalue weighted by Crippen LogP contribution is -2.40. The fourth-order valence-electron chi connectivity index (χ4n) is 2.72. The van der Waals surface area contributed by atoms with Gasteiger partial charge in [0, 0.05) is 38.9 Å². The molecule has 0 atom stereocenters. The third kappa shape index (κ3) is 10.3. The third-order valence-electron chi connectivity index (χ3n) is 4.76.